The molecule has 5 bridgehead atoms. The van der Waals surface area contributed by atoms with Crippen LogP contribution in [0.1, 0.15) is 132 Å². The molecule has 6 N–H and O–H groups in total. The number of Topliss-reactive ketones (excluding diaryl/α,β-unsaturated/α-hetero) is 3. The van der Waals surface area contributed by atoms with Gasteiger partial charge in [0, 0.05) is 87.5 Å². The lowest BCUT2D eigenvalue weighted by molar-refractivity contribution is -0.160. The van der Waals surface area contributed by atoms with E-state index in [1.807, 2.05) is 4.90 Å². The molecule has 1 saturated carbocycles. The summed E-state index contributed by atoms with van der Waals surface area (Å²) in [7, 11) is 1.41. The first-order valence-corrected chi connectivity index (χ1v) is 25.9. The first kappa shape index (κ1) is 56.2. The number of aliphatic hydroxyl groups is 2. The molecule has 20 heteroatoms. The lowest BCUT2D eigenvalue weighted by Crippen LogP contribution is -2.46. The number of aryl methyl sites for hydroxylation is 1. The number of aromatic hydroxyl groups is 1. The predicted molar refractivity (Wildman–Crippen MR) is 279 cm³/mol. The van der Waals surface area contributed by atoms with Crippen LogP contribution in [0.15, 0.2) is 64.5 Å². The lowest BCUT2D eigenvalue weighted by Gasteiger charge is -2.38. The van der Waals surface area contributed by atoms with Crippen molar-refractivity contribution in [3.63, 3.8) is 0 Å². The zero-order valence-electron chi connectivity index (χ0n) is 44.8. The number of aromatic carboxylic acids is 1. The maximum absolute atomic E-state index is 16.2. The van der Waals surface area contributed by atoms with Gasteiger partial charge in [-0.2, -0.15) is 0 Å². The number of halogens is 1. The number of ether oxygens (including phenoxy) is 4. The number of aliphatic hydroxyl groups excluding tert-OH is 2. The average molecular weight is 1070 g/mol. The van der Waals surface area contributed by atoms with E-state index in [0.29, 0.717) is 36.2 Å². The Kier molecular flexibility index (Phi) is 15.9. The van der Waals surface area contributed by atoms with Gasteiger partial charge in [-0.15, -0.1) is 0 Å². The Balaban J connectivity index is 1.13. The SMILES string of the molecule is CO[C@H]1/C=C/O[C@@]2(C)Oc3c(C)c(O)c4c(c3C2=O)C(=O)C(CNC[C@@H]2CCN(c3c(F)cn5c(=O)c(C(=O)O)cc(C6CC6)c5c3C)C2)=C(NC(=O)/C(C)=C\C=C\[C@H](C)[C@H](O)[C@@H](C)[C@@H](O)[C@@H](C)[C@H](OC(C)=O)[C@@H]1C)C4=O. The van der Waals surface area contributed by atoms with Gasteiger partial charge < -0.3 is 54.9 Å². The highest BCUT2D eigenvalue weighted by Crippen LogP contribution is 2.49. The quantitative estimate of drug-likeness (QED) is 0.139. The van der Waals surface area contributed by atoms with E-state index in [1.54, 1.807) is 40.7 Å². The maximum atomic E-state index is 16.2. The second-order valence-electron chi connectivity index (χ2n) is 21.4. The molecule has 0 unspecified atom stereocenters. The van der Waals surface area contributed by atoms with Crippen molar-refractivity contribution in [3.05, 3.63) is 115 Å². The van der Waals surface area contributed by atoms with E-state index in [0.717, 1.165) is 29.7 Å². The van der Waals surface area contributed by atoms with Gasteiger partial charge in [-0.1, -0.05) is 45.9 Å². The number of nitrogens with one attached hydrogen (secondary N) is 2. The summed E-state index contributed by atoms with van der Waals surface area (Å²) >= 11 is 0. The van der Waals surface area contributed by atoms with Gasteiger partial charge in [0.05, 0.1) is 64.4 Å². The van der Waals surface area contributed by atoms with Gasteiger partial charge in [0.25, 0.3) is 17.2 Å². The Morgan fingerprint density at radius 3 is 2.29 bits per heavy atom. The Morgan fingerprint density at radius 2 is 1.64 bits per heavy atom. The highest BCUT2D eigenvalue weighted by molar-refractivity contribution is 6.32. The summed E-state index contributed by atoms with van der Waals surface area (Å²) in [5, 5.41) is 50.4. The molecular formula is C57H67FN4O15. The molecule has 1 aromatic carbocycles. The molecular weight excluding hydrogens is 1000 g/mol. The van der Waals surface area contributed by atoms with E-state index in [9.17, 15) is 49.2 Å². The summed E-state index contributed by atoms with van der Waals surface area (Å²) in [5.41, 5.74) is -1.32. The smallest absolute Gasteiger partial charge is 0.341 e. The number of pyridine rings is 2. The number of aromatic nitrogens is 1. The molecule has 2 aliphatic carbocycles. The number of carbonyl (C=O) groups is 6. The summed E-state index contributed by atoms with van der Waals surface area (Å²) < 4.78 is 40.9. The summed E-state index contributed by atoms with van der Waals surface area (Å²) in [6.45, 7) is 14.5. The molecule has 1 amide bonds. The number of carbonyl (C=O) groups excluding carboxylic acids is 5. The fourth-order valence-electron chi connectivity index (χ4n) is 11.4. The van der Waals surface area contributed by atoms with E-state index < -0.39 is 129 Å². The minimum absolute atomic E-state index is 0.0354. The van der Waals surface area contributed by atoms with E-state index in [-0.39, 0.29) is 58.6 Å². The molecule has 1 saturated heterocycles. The number of benzene rings is 1. The van der Waals surface area contributed by atoms with Gasteiger partial charge in [0.2, 0.25) is 5.78 Å². The summed E-state index contributed by atoms with van der Waals surface area (Å²) in [4.78, 5) is 98.1. The van der Waals surface area contributed by atoms with E-state index in [2.05, 4.69) is 10.6 Å². The van der Waals surface area contributed by atoms with Crippen LogP contribution in [0.3, 0.4) is 0 Å². The Labute approximate surface area is 444 Å². The van der Waals surface area contributed by atoms with Crippen molar-refractivity contribution in [1.82, 2.24) is 15.0 Å². The average Bonchev–Trinajstić information content (AvgIpc) is 4.07. The minimum Gasteiger partial charge on any atom is -0.507 e. The largest absolute Gasteiger partial charge is 0.507 e. The minimum atomic E-state index is -2.16. The van der Waals surface area contributed by atoms with Gasteiger partial charge in [-0.3, -0.25) is 33.2 Å². The van der Waals surface area contributed by atoms with Crippen LogP contribution in [0, 0.1) is 49.3 Å². The maximum Gasteiger partial charge on any atom is 0.341 e. The van der Waals surface area contributed by atoms with Crippen LogP contribution in [-0.4, -0.2) is 124 Å². The Hall–Kier alpha value is -7.00. The van der Waals surface area contributed by atoms with Crippen LogP contribution >= 0.6 is 0 Å². The first-order valence-electron chi connectivity index (χ1n) is 25.9. The zero-order chi connectivity index (χ0) is 56.3. The van der Waals surface area contributed by atoms with Crippen LogP contribution in [-0.2, 0) is 23.8 Å². The normalized spacial score (nSPS) is 29.7. The van der Waals surface area contributed by atoms with Crippen molar-refractivity contribution in [2.75, 3.05) is 38.2 Å². The molecule has 2 fully saturated rings. The summed E-state index contributed by atoms with van der Waals surface area (Å²) in [5.74, 6) is -12.1. The van der Waals surface area contributed by atoms with E-state index in [4.69, 9.17) is 18.9 Å². The number of phenolic OH excluding ortho intramolecular Hbond substituents is 1. The number of nitrogens with zero attached hydrogens (tertiary/aromatic N) is 2. The zero-order valence-corrected chi connectivity index (χ0v) is 44.8. The first-order chi connectivity index (χ1) is 36.3. The van der Waals surface area contributed by atoms with Gasteiger partial charge in [-0.05, 0) is 75.1 Å². The molecule has 3 aromatic rings. The Bertz CT molecular complexity index is 3170. The fourth-order valence-corrected chi connectivity index (χ4v) is 11.4. The molecule has 6 aliphatic rings. The lowest BCUT2D eigenvalue weighted by atomic mass is 9.78. The molecule has 0 spiro atoms. The van der Waals surface area contributed by atoms with Crippen molar-refractivity contribution in [2.24, 2.45) is 29.6 Å². The van der Waals surface area contributed by atoms with Crippen LogP contribution in [0.5, 0.6) is 11.5 Å². The topological polar surface area (TPSA) is 269 Å². The third-order valence-electron chi connectivity index (χ3n) is 16.1. The number of fused-ring (bicyclic) bond motifs is 15. The molecule has 412 valence electrons. The highest BCUT2D eigenvalue weighted by Gasteiger charge is 2.53. The third-order valence-corrected chi connectivity index (χ3v) is 16.1. The van der Waals surface area contributed by atoms with Crippen LogP contribution in [0.4, 0.5) is 10.1 Å². The number of carboxylic acids is 1. The second-order valence-corrected chi connectivity index (χ2v) is 21.4. The summed E-state index contributed by atoms with van der Waals surface area (Å²) in [6.07, 6.45) is 6.29. The number of methoxy groups -OCH3 is 1. The van der Waals surface area contributed by atoms with Crippen molar-refractivity contribution < 1.29 is 72.5 Å². The molecule has 0 radical (unpaired) electrons. The van der Waals surface area contributed by atoms with E-state index in [1.165, 1.54) is 59.1 Å². The van der Waals surface area contributed by atoms with Crippen LogP contribution in [0.25, 0.3) is 5.52 Å². The van der Waals surface area contributed by atoms with Gasteiger partial charge >= 0.3 is 17.7 Å². The highest BCUT2D eigenvalue weighted by atomic mass is 19.1. The molecule has 77 heavy (non-hydrogen) atoms. The summed E-state index contributed by atoms with van der Waals surface area (Å²) in [6, 6.07) is 1.40. The standard InChI is InChI=1S/C57H67FN4O15/c1-25-12-11-13-26(2)54(70)60-43-37(22-59-21-33-16-18-61(23-33)45-28(4)44-35(34-14-15-34)20-36(56(72)73)55(71)62(44)24-38(45)58)49(67)40-41(50(43)68)48(66)31(7)52-42(40)53(69)57(9,77-52)75-19-17-39(74-10)27(3)51(76-32(8)63)30(6)47(65)29(5)46(25)64/h11-13,17,19-20,24-25,27,29-30,33-34,39,46-47,51,59,64-66H,14-16,18,21-23H2,1-10H3,(H,60,70)(H,72,73)/b12-11+,19-17+,26-13-/t25-,27+,29+,30+,33-,39-,46-,47+,51+,57-/m0/s1. The number of amides is 1. The number of anilines is 1. The number of esters is 1. The number of hydrogen-bond donors (Lipinski definition) is 6. The monoisotopic (exact) mass is 1070 g/mol. The molecule has 2 aromatic heterocycles. The number of phenols is 1. The van der Waals surface area contributed by atoms with Crippen molar-refractivity contribution in [3.8, 4) is 11.5 Å². The van der Waals surface area contributed by atoms with Gasteiger partial charge in [0.1, 0.15) is 23.2 Å². The molecule has 9 rings (SSSR count). The van der Waals surface area contributed by atoms with Gasteiger partial charge in [-0.25, -0.2) is 9.18 Å². The second kappa shape index (κ2) is 21.8. The fraction of sp³-hybridized carbons (Fsp3) is 0.491. The van der Waals surface area contributed by atoms with Crippen molar-refractivity contribution in [2.45, 2.75) is 118 Å². The Morgan fingerprint density at radius 1 is 0.935 bits per heavy atom. The van der Waals surface area contributed by atoms with Gasteiger partial charge in [0.15, 0.2) is 11.6 Å². The molecule has 19 nitrogen and oxygen atoms in total. The van der Waals surface area contributed by atoms with E-state index >= 15 is 9.18 Å². The number of ketones is 3. The third kappa shape index (κ3) is 10.3. The predicted octanol–water partition coefficient (Wildman–Crippen LogP) is 5.75. The number of hydrogen-bond acceptors (Lipinski definition) is 16. The molecule has 10 atom stereocenters. The van der Waals surface area contributed by atoms with Crippen LogP contribution < -0.4 is 25.8 Å². The molecule has 6 heterocycles. The number of allylic oxidation sites excluding steroid dienone is 3. The molecule has 4 aliphatic heterocycles. The van der Waals surface area contributed by atoms with Crippen molar-refractivity contribution in [1.29, 1.82) is 0 Å². The van der Waals surface area contributed by atoms with Crippen LogP contribution in [0.2, 0.25) is 0 Å². The number of rotatable bonds is 9. The van der Waals surface area contributed by atoms with Crippen molar-refractivity contribution >= 4 is 46.4 Å². The number of carboxylic acid groups (broad SMARTS) is 1.